The fraction of sp³-hybridized carbons (Fsp3) is 0.211. The molecule has 142 valence electrons. The highest BCUT2D eigenvalue weighted by molar-refractivity contribution is 7.92. The van der Waals surface area contributed by atoms with Gasteiger partial charge in [-0.15, -0.1) is 0 Å². The number of aryl methyl sites for hydroxylation is 2. The zero-order valence-electron chi connectivity index (χ0n) is 15.4. The Morgan fingerprint density at radius 1 is 1.00 bits per heavy atom. The quantitative estimate of drug-likeness (QED) is 0.691. The fourth-order valence-corrected chi connectivity index (χ4v) is 3.99. The van der Waals surface area contributed by atoms with Crippen LogP contribution in [-0.4, -0.2) is 27.8 Å². The molecule has 0 bridgehead atoms. The molecule has 7 nitrogen and oxygen atoms in total. The molecule has 0 atom stereocenters. The van der Waals surface area contributed by atoms with Crippen molar-refractivity contribution >= 4 is 15.7 Å². The van der Waals surface area contributed by atoms with E-state index in [2.05, 4.69) is 9.88 Å². The van der Waals surface area contributed by atoms with E-state index in [-0.39, 0.29) is 4.90 Å². The maximum atomic E-state index is 12.9. The van der Waals surface area contributed by atoms with Crippen molar-refractivity contribution in [1.29, 1.82) is 0 Å². The van der Waals surface area contributed by atoms with Gasteiger partial charge in [-0.25, -0.2) is 8.42 Å². The van der Waals surface area contributed by atoms with Crippen LogP contribution < -0.4 is 14.2 Å². The van der Waals surface area contributed by atoms with E-state index in [1.54, 1.807) is 43.3 Å². The number of nitrogens with one attached hydrogen (secondary N) is 1. The predicted octanol–water partition coefficient (Wildman–Crippen LogP) is 3.78. The van der Waals surface area contributed by atoms with Gasteiger partial charge < -0.3 is 14.0 Å². The maximum absolute atomic E-state index is 12.9. The van der Waals surface area contributed by atoms with Gasteiger partial charge >= 0.3 is 0 Å². The number of rotatable bonds is 6. The lowest BCUT2D eigenvalue weighted by molar-refractivity contribution is 0.405. The number of anilines is 1. The van der Waals surface area contributed by atoms with Gasteiger partial charge in [-0.3, -0.25) is 4.72 Å². The summed E-state index contributed by atoms with van der Waals surface area (Å²) in [4.78, 5) is 0.160. The van der Waals surface area contributed by atoms with E-state index in [4.69, 9.17) is 14.0 Å². The molecule has 8 heteroatoms. The molecule has 0 unspecified atom stereocenters. The second kappa shape index (κ2) is 7.32. The minimum atomic E-state index is -3.83. The van der Waals surface area contributed by atoms with E-state index in [0.717, 1.165) is 11.3 Å². The van der Waals surface area contributed by atoms with Gasteiger partial charge in [0, 0.05) is 17.7 Å². The molecule has 1 aromatic heterocycles. The van der Waals surface area contributed by atoms with E-state index in [1.807, 2.05) is 6.92 Å². The molecule has 0 amide bonds. The molecule has 0 spiro atoms. The van der Waals surface area contributed by atoms with Crippen LogP contribution in [0.3, 0.4) is 0 Å². The summed E-state index contributed by atoms with van der Waals surface area (Å²) in [5.74, 6) is 1.49. The third-order valence-corrected chi connectivity index (χ3v) is 5.55. The Morgan fingerprint density at radius 3 is 2.37 bits per heavy atom. The molecule has 1 N–H and O–H groups in total. The van der Waals surface area contributed by atoms with Crippen molar-refractivity contribution in [1.82, 2.24) is 5.16 Å². The van der Waals surface area contributed by atoms with Gasteiger partial charge in [-0.2, -0.15) is 0 Å². The monoisotopic (exact) mass is 388 g/mol. The van der Waals surface area contributed by atoms with Gasteiger partial charge in [0.1, 0.15) is 11.5 Å². The molecule has 3 aromatic rings. The maximum Gasteiger partial charge on any atom is 0.262 e. The van der Waals surface area contributed by atoms with Crippen molar-refractivity contribution in [3.05, 3.63) is 53.7 Å². The zero-order chi connectivity index (χ0) is 19.6. The first-order chi connectivity index (χ1) is 12.8. The highest BCUT2D eigenvalue weighted by Gasteiger charge is 2.20. The number of nitrogens with zero attached hydrogens (tertiary/aromatic N) is 1. The number of hydrogen-bond donors (Lipinski definition) is 1. The molecule has 0 fully saturated rings. The van der Waals surface area contributed by atoms with E-state index < -0.39 is 10.0 Å². The SMILES string of the molecule is COc1ccc(OC)c(NS(=O)(=O)c2ccc(-c3cc(C)no3)cc2C)c1. The lowest BCUT2D eigenvalue weighted by atomic mass is 10.1. The number of sulfonamides is 1. The molecule has 27 heavy (non-hydrogen) atoms. The molecule has 0 saturated carbocycles. The van der Waals surface area contributed by atoms with Gasteiger partial charge in [-0.1, -0.05) is 5.16 Å². The van der Waals surface area contributed by atoms with Gasteiger partial charge in [-0.05, 0) is 49.7 Å². The third kappa shape index (κ3) is 3.90. The predicted molar refractivity (Wildman–Crippen MR) is 102 cm³/mol. The summed E-state index contributed by atoms with van der Waals surface area (Å²) in [6.45, 7) is 3.55. The summed E-state index contributed by atoms with van der Waals surface area (Å²) in [5, 5.41) is 3.85. The summed E-state index contributed by atoms with van der Waals surface area (Å²) in [6.07, 6.45) is 0. The average Bonchev–Trinajstić information content (AvgIpc) is 3.07. The van der Waals surface area contributed by atoms with Gasteiger partial charge in [0.15, 0.2) is 5.76 Å². The van der Waals surface area contributed by atoms with Gasteiger partial charge in [0.2, 0.25) is 0 Å². The van der Waals surface area contributed by atoms with Crippen molar-refractivity contribution in [3.8, 4) is 22.8 Å². The molecule has 0 aliphatic rings. The lowest BCUT2D eigenvalue weighted by Gasteiger charge is -2.14. The Labute approximate surface area is 158 Å². The second-order valence-electron chi connectivity index (χ2n) is 5.98. The molecule has 1 heterocycles. The minimum Gasteiger partial charge on any atom is -0.497 e. The van der Waals surface area contributed by atoms with Crippen LogP contribution >= 0.6 is 0 Å². The van der Waals surface area contributed by atoms with Crippen LogP contribution in [0, 0.1) is 13.8 Å². The second-order valence-corrected chi connectivity index (χ2v) is 7.64. The van der Waals surface area contributed by atoms with E-state index >= 15 is 0 Å². The molecule has 2 aromatic carbocycles. The number of hydrogen-bond acceptors (Lipinski definition) is 6. The Hall–Kier alpha value is -3.00. The minimum absolute atomic E-state index is 0.160. The zero-order valence-corrected chi connectivity index (χ0v) is 16.3. The third-order valence-electron chi connectivity index (χ3n) is 4.03. The van der Waals surface area contributed by atoms with Crippen LogP contribution in [0.1, 0.15) is 11.3 Å². The highest BCUT2D eigenvalue weighted by atomic mass is 32.2. The van der Waals surface area contributed by atoms with E-state index in [9.17, 15) is 8.42 Å². The molecule has 3 rings (SSSR count). The topological polar surface area (TPSA) is 90.7 Å². The van der Waals surface area contributed by atoms with Crippen LogP contribution in [0.25, 0.3) is 11.3 Å². The summed E-state index contributed by atoms with van der Waals surface area (Å²) in [7, 11) is -0.848. The van der Waals surface area contributed by atoms with Crippen LogP contribution in [0.2, 0.25) is 0 Å². The number of ether oxygens (including phenoxy) is 2. The van der Waals surface area contributed by atoms with Crippen molar-refractivity contribution in [2.75, 3.05) is 18.9 Å². The van der Waals surface area contributed by atoms with Crippen molar-refractivity contribution in [3.63, 3.8) is 0 Å². The van der Waals surface area contributed by atoms with Gasteiger partial charge in [0.25, 0.3) is 10.0 Å². The molecule has 0 aliphatic heterocycles. The normalized spacial score (nSPS) is 11.3. The summed E-state index contributed by atoms with van der Waals surface area (Å²) in [6, 6.07) is 11.7. The summed E-state index contributed by atoms with van der Waals surface area (Å²) in [5.41, 5.74) is 2.39. The standard InChI is InChI=1S/C19H20N2O5S/c1-12-9-14(18-10-13(2)20-26-18)5-8-19(12)27(22,23)21-16-11-15(24-3)6-7-17(16)25-4/h5-11,21H,1-4H3. The highest BCUT2D eigenvalue weighted by Crippen LogP contribution is 2.32. The average molecular weight is 388 g/mol. The Kier molecular flexibility index (Phi) is 5.09. The fourth-order valence-electron chi connectivity index (χ4n) is 2.70. The number of aromatic nitrogens is 1. The molecule has 0 aliphatic carbocycles. The number of benzene rings is 2. The lowest BCUT2D eigenvalue weighted by Crippen LogP contribution is -2.15. The molecule has 0 saturated heterocycles. The van der Waals surface area contributed by atoms with Crippen LogP contribution in [0.5, 0.6) is 11.5 Å². The Balaban J connectivity index is 1.96. The van der Waals surface area contributed by atoms with E-state index in [1.165, 1.54) is 20.3 Å². The summed E-state index contributed by atoms with van der Waals surface area (Å²) >= 11 is 0. The van der Waals surface area contributed by atoms with Crippen molar-refractivity contribution in [2.45, 2.75) is 18.7 Å². The largest absolute Gasteiger partial charge is 0.497 e. The smallest absolute Gasteiger partial charge is 0.262 e. The van der Waals surface area contributed by atoms with Crippen LogP contribution in [-0.2, 0) is 10.0 Å². The van der Waals surface area contributed by atoms with Crippen molar-refractivity contribution < 1.29 is 22.4 Å². The first-order valence-corrected chi connectivity index (χ1v) is 9.61. The molecular formula is C19H20N2O5S. The first-order valence-electron chi connectivity index (χ1n) is 8.13. The first kappa shape index (κ1) is 18.8. The van der Waals surface area contributed by atoms with E-state index in [0.29, 0.717) is 28.5 Å². The summed E-state index contributed by atoms with van der Waals surface area (Å²) < 4.78 is 44.0. The molecule has 0 radical (unpaired) electrons. The Bertz CT molecular complexity index is 1070. The van der Waals surface area contributed by atoms with Crippen LogP contribution in [0.4, 0.5) is 5.69 Å². The Morgan fingerprint density at radius 2 is 1.78 bits per heavy atom. The molecular weight excluding hydrogens is 368 g/mol. The van der Waals surface area contributed by atoms with Crippen molar-refractivity contribution in [2.24, 2.45) is 0 Å². The van der Waals surface area contributed by atoms with Crippen LogP contribution in [0.15, 0.2) is 51.9 Å². The van der Waals surface area contributed by atoms with Gasteiger partial charge in [0.05, 0.1) is 30.5 Å². The number of methoxy groups -OCH3 is 2.